The molecular formula is C8H11NOS. The molecular weight excluding hydrogens is 158 g/mol. The van der Waals surface area contributed by atoms with Gasteiger partial charge in [-0.15, -0.1) is 12.6 Å². The van der Waals surface area contributed by atoms with Crippen LogP contribution in [0.15, 0.2) is 24.4 Å². The van der Waals surface area contributed by atoms with Gasteiger partial charge < -0.3 is 4.74 Å². The molecule has 0 amide bonds. The van der Waals surface area contributed by atoms with Gasteiger partial charge in [0.1, 0.15) is 4.93 Å². The van der Waals surface area contributed by atoms with Crippen LogP contribution in [0, 0.1) is 0 Å². The van der Waals surface area contributed by atoms with Gasteiger partial charge >= 0.3 is 0 Å². The molecule has 60 valence electrons. The Labute approximate surface area is 72.0 Å². The summed E-state index contributed by atoms with van der Waals surface area (Å²) in [6, 6.07) is 5.53. The van der Waals surface area contributed by atoms with E-state index in [4.69, 9.17) is 4.74 Å². The van der Waals surface area contributed by atoms with E-state index in [0.717, 1.165) is 0 Å². The molecule has 0 aliphatic carbocycles. The van der Waals surface area contributed by atoms with Crippen molar-refractivity contribution in [1.82, 2.24) is 4.98 Å². The molecule has 0 atom stereocenters. The van der Waals surface area contributed by atoms with E-state index in [1.54, 1.807) is 12.3 Å². The van der Waals surface area contributed by atoms with Crippen molar-refractivity contribution >= 4 is 12.6 Å². The molecule has 0 bridgehead atoms. The van der Waals surface area contributed by atoms with Crippen molar-refractivity contribution in [2.24, 2.45) is 0 Å². The Hall–Kier alpha value is -0.700. The van der Waals surface area contributed by atoms with Gasteiger partial charge in [0, 0.05) is 12.3 Å². The first kappa shape index (κ1) is 8.40. The van der Waals surface area contributed by atoms with Crippen LogP contribution in [-0.4, -0.2) is 9.92 Å². The summed E-state index contributed by atoms with van der Waals surface area (Å²) in [5, 5.41) is 0. The van der Waals surface area contributed by atoms with Crippen molar-refractivity contribution in [3.05, 3.63) is 24.4 Å². The van der Waals surface area contributed by atoms with Crippen molar-refractivity contribution in [2.45, 2.75) is 18.8 Å². The number of thiol groups is 1. The maximum Gasteiger partial charge on any atom is 0.214 e. The van der Waals surface area contributed by atoms with Gasteiger partial charge in [0.15, 0.2) is 0 Å². The molecule has 0 aromatic carbocycles. The van der Waals surface area contributed by atoms with E-state index in [2.05, 4.69) is 17.6 Å². The number of nitrogens with zero attached hydrogens (tertiary/aromatic N) is 1. The summed E-state index contributed by atoms with van der Waals surface area (Å²) in [6.45, 7) is 3.73. The third kappa shape index (κ3) is 3.28. The third-order valence-electron chi connectivity index (χ3n) is 0.992. The van der Waals surface area contributed by atoms with E-state index < -0.39 is 4.93 Å². The molecule has 1 rings (SSSR count). The second kappa shape index (κ2) is 3.13. The predicted molar refractivity (Wildman–Crippen MR) is 47.9 cm³/mol. The second-order valence-electron chi connectivity index (χ2n) is 2.72. The minimum atomic E-state index is -0.464. The Morgan fingerprint density at radius 1 is 1.45 bits per heavy atom. The summed E-state index contributed by atoms with van der Waals surface area (Å²) in [5.74, 6) is 0.604. The van der Waals surface area contributed by atoms with E-state index in [1.165, 1.54) is 0 Å². The van der Waals surface area contributed by atoms with E-state index in [-0.39, 0.29) is 0 Å². The highest BCUT2D eigenvalue weighted by atomic mass is 32.1. The average molecular weight is 169 g/mol. The quantitative estimate of drug-likeness (QED) is 0.541. The van der Waals surface area contributed by atoms with Crippen LogP contribution in [0.3, 0.4) is 0 Å². The van der Waals surface area contributed by atoms with Gasteiger partial charge in [0.05, 0.1) is 0 Å². The number of hydrogen-bond donors (Lipinski definition) is 1. The maximum atomic E-state index is 5.35. The van der Waals surface area contributed by atoms with Gasteiger partial charge in [-0.2, -0.15) is 0 Å². The smallest absolute Gasteiger partial charge is 0.214 e. The topological polar surface area (TPSA) is 22.1 Å². The first-order valence-electron chi connectivity index (χ1n) is 3.40. The molecule has 11 heavy (non-hydrogen) atoms. The third-order valence-corrected chi connectivity index (χ3v) is 1.08. The number of hydrogen-bond acceptors (Lipinski definition) is 3. The molecule has 0 aliphatic rings. The van der Waals surface area contributed by atoms with E-state index in [9.17, 15) is 0 Å². The molecule has 3 heteroatoms. The molecule has 0 spiro atoms. The molecule has 2 nitrogen and oxygen atoms in total. The standard InChI is InChI=1S/C8H11NOS/c1-8(2,11)10-7-5-3-4-6-9-7/h3-6,11H,1-2H3. The zero-order valence-electron chi connectivity index (χ0n) is 6.61. The Balaban J connectivity index is 2.66. The molecule has 0 radical (unpaired) electrons. The number of pyridine rings is 1. The van der Waals surface area contributed by atoms with Gasteiger partial charge in [0.25, 0.3) is 0 Å². The first-order valence-corrected chi connectivity index (χ1v) is 3.85. The molecule has 0 aliphatic heterocycles. The van der Waals surface area contributed by atoms with Gasteiger partial charge in [0.2, 0.25) is 5.88 Å². The monoisotopic (exact) mass is 169 g/mol. The highest BCUT2D eigenvalue weighted by Gasteiger charge is 2.12. The fourth-order valence-electron chi connectivity index (χ4n) is 0.663. The van der Waals surface area contributed by atoms with Crippen LogP contribution in [0.4, 0.5) is 0 Å². The lowest BCUT2D eigenvalue weighted by molar-refractivity contribution is 0.200. The van der Waals surface area contributed by atoms with Gasteiger partial charge in [-0.05, 0) is 19.9 Å². The summed E-state index contributed by atoms with van der Waals surface area (Å²) < 4.78 is 5.35. The van der Waals surface area contributed by atoms with Crippen LogP contribution >= 0.6 is 12.6 Å². The van der Waals surface area contributed by atoms with Gasteiger partial charge in [-0.1, -0.05) is 6.07 Å². The van der Waals surface area contributed by atoms with Gasteiger partial charge in [-0.3, -0.25) is 0 Å². The summed E-state index contributed by atoms with van der Waals surface area (Å²) in [7, 11) is 0. The van der Waals surface area contributed by atoms with Crippen LogP contribution in [-0.2, 0) is 0 Å². The molecule has 1 aromatic rings. The second-order valence-corrected chi connectivity index (χ2v) is 3.79. The fraction of sp³-hybridized carbons (Fsp3) is 0.375. The number of aromatic nitrogens is 1. The van der Waals surface area contributed by atoms with E-state index in [0.29, 0.717) is 5.88 Å². The zero-order valence-corrected chi connectivity index (χ0v) is 7.51. The van der Waals surface area contributed by atoms with Crippen molar-refractivity contribution in [2.75, 3.05) is 0 Å². The molecule has 1 heterocycles. The number of ether oxygens (including phenoxy) is 1. The largest absolute Gasteiger partial charge is 0.461 e. The lowest BCUT2D eigenvalue weighted by atomic mass is 10.4. The normalized spacial score (nSPS) is 11.2. The minimum absolute atomic E-state index is 0.464. The Morgan fingerprint density at radius 3 is 2.64 bits per heavy atom. The molecule has 0 fully saturated rings. The van der Waals surface area contributed by atoms with Crippen molar-refractivity contribution in [1.29, 1.82) is 0 Å². The summed E-state index contributed by atoms with van der Waals surface area (Å²) in [6.07, 6.45) is 1.69. The summed E-state index contributed by atoms with van der Waals surface area (Å²) in [5.41, 5.74) is 0. The Bertz CT molecular complexity index is 217. The van der Waals surface area contributed by atoms with Crippen molar-refractivity contribution in [3.8, 4) is 5.88 Å². The highest BCUT2D eigenvalue weighted by Crippen LogP contribution is 2.17. The molecule has 0 N–H and O–H groups in total. The SMILES string of the molecule is CC(C)(S)Oc1ccccn1. The predicted octanol–water partition coefficient (Wildman–Crippen LogP) is 2.13. The van der Waals surface area contributed by atoms with Gasteiger partial charge in [-0.25, -0.2) is 4.98 Å². The maximum absolute atomic E-state index is 5.35. The summed E-state index contributed by atoms with van der Waals surface area (Å²) >= 11 is 4.20. The van der Waals surface area contributed by atoms with Crippen LogP contribution in [0.2, 0.25) is 0 Å². The fourth-order valence-corrected chi connectivity index (χ4v) is 0.757. The highest BCUT2D eigenvalue weighted by molar-refractivity contribution is 7.81. The Morgan fingerprint density at radius 2 is 2.18 bits per heavy atom. The molecule has 0 unspecified atom stereocenters. The Kier molecular flexibility index (Phi) is 2.39. The van der Waals surface area contributed by atoms with Crippen LogP contribution < -0.4 is 4.74 Å². The molecule has 0 saturated heterocycles. The van der Waals surface area contributed by atoms with Crippen molar-refractivity contribution in [3.63, 3.8) is 0 Å². The molecule has 1 aromatic heterocycles. The van der Waals surface area contributed by atoms with E-state index >= 15 is 0 Å². The van der Waals surface area contributed by atoms with Crippen molar-refractivity contribution < 1.29 is 4.74 Å². The summed E-state index contributed by atoms with van der Waals surface area (Å²) in [4.78, 5) is 3.53. The van der Waals surface area contributed by atoms with E-state index in [1.807, 2.05) is 26.0 Å². The lowest BCUT2D eigenvalue weighted by Crippen LogP contribution is -2.20. The number of rotatable bonds is 2. The lowest BCUT2D eigenvalue weighted by Gasteiger charge is -2.18. The van der Waals surface area contributed by atoms with Crippen LogP contribution in [0.1, 0.15) is 13.8 Å². The first-order chi connectivity index (χ1) is 5.08. The minimum Gasteiger partial charge on any atom is -0.461 e. The van der Waals surface area contributed by atoms with Crippen LogP contribution in [0.25, 0.3) is 0 Å². The molecule has 0 saturated carbocycles. The zero-order chi connectivity index (χ0) is 8.32. The average Bonchev–Trinajstić information content (AvgIpc) is 1.85. The van der Waals surface area contributed by atoms with Crippen LogP contribution in [0.5, 0.6) is 5.88 Å².